The fourth-order valence-electron chi connectivity index (χ4n) is 3.18. The molecule has 2 aliphatic heterocycles. The molecule has 2 aliphatic rings. The molecule has 2 fully saturated rings. The summed E-state index contributed by atoms with van der Waals surface area (Å²) in [6.45, 7) is 8.24. The minimum atomic E-state index is 0. The Morgan fingerprint density at radius 1 is 1.17 bits per heavy atom. The number of piperazine rings is 1. The van der Waals surface area contributed by atoms with Gasteiger partial charge in [-0.25, -0.2) is 0 Å². The normalized spacial score (nSPS) is 23.0. The maximum atomic E-state index is 6.20. The van der Waals surface area contributed by atoms with Crippen molar-refractivity contribution in [3.8, 4) is 0 Å². The Kier molecular flexibility index (Phi) is 8.29. The molecule has 1 aromatic rings. The zero-order valence-electron chi connectivity index (χ0n) is 13.1. The first-order valence-electron chi connectivity index (χ1n) is 7.97. The highest BCUT2D eigenvalue weighted by atomic mass is 35.5. The minimum Gasteiger partial charge on any atom is -0.315 e. The van der Waals surface area contributed by atoms with E-state index in [0.29, 0.717) is 0 Å². The molecular formula is C16H24Cl3N3S. The van der Waals surface area contributed by atoms with Crippen LogP contribution in [0.3, 0.4) is 0 Å². The molecule has 7 heteroatoms. The van der Waals surface area contributed by atoms with E-state index in [-0.39, 0.29) is 12.4 Å². The van der Waals surface area contributed by atoms with E-state index in [4.69, 9.17) is 23.2 Å². The van der Waals surface area contributed by atoms with Crippen molar-refractivity contribution >= 4 is 47.4 Å². The van der Waals surface area contributed by atoms with Crippen molar-refractivity contribution in [2.24, 2.45) is 0 Å². The van der Waals surface area contributed by atoms with Crippen molar-refractivity contribution in [1.29, 1.82) is 0 Å². The second kappa shape index (κ2) is 9.71. The first kappa shape index (κ1) is 19.6. The number of halogens is 3. The van der Waals surface area contributed by atoms with Crippen LogP contribution in [0.4, 0.5) is 0 Å². The predicted molar refractivity (Wildman–Crippen MR) is 104 cm³/mol. The lowest BCUT2D eigenvalue weighted by atomic mass is 10.2. The molecule has 0 aliphatic carbocycles. The SMILES string of the molecule is Cl.Clc1ccc(Cl)c(SCCN2CCN(C3CCNC3)CC2)c1. The van der Waals surface area contributed by atoms with Crippen LogP contribution in [-0.4, -0.2) is 67.4 Å². The van der Waals surface area contributed by atoms with Crippen molar-refractivity contribution in [3.63, 3.8) is 0 Å². The van der Waals surface area contributed by atoms with Crippen LogP contribution in [-0.2, 0) is 0 Å². The zero-order chi connectivity index (χ0) is 15.4. The van der Waals surface area contributed by atoms with E-state index in [1.54, 1.807) is 11.8 Å². The van der Waals surface area contributed by atoms with Crippen LogP contribution in [0, 0.1) is 0 Å². The molecule has 1 aromatic carbocycles. The lowest BCUT2D eigenvalue weighted by Gasteiger charge is -2.37. The highest BCUT2D eigenvalue weighted by molar-refractivity contribution is 7.99. The summed E-state index contributed by atoms with van der Waals surface area (Å²) >= 11 is 14.0. The van der Waals surface area contributed by atoms with E-state index >= 15 is 0 Å². The number of nitrogens with one attached hydrogen (secondary N) is 1. The van der Waals surface area contributed by atoms with Gasteiger partial charge in [0.1, 0.15) is 0 Å². The molecule has 1 unspecified atom stereocenters. The molecule has 2 heterocycles. The summed E-state index contributed by atoms with van der Waals surface area (Å²) in [5, 5.41) is 5.02. The highest BCUT2D eigenvalue weighted by Gasteiger charge is 2.25. The van der Waals surface area contributed by atoms with Crippen LogP contribution < -0.4 is 5.32 Å². The third kappa shape index (κ3) is 5.67. The fraction of sp³-hybridized carbons (Fsp3) is 0.625. The van der Waals surface area contributed by atoms with Crippen LogP contribution in [0.1, 0.15) is 6.42 Å². The number of rotatable bonds is 5. The van der Waals surface area contributed by atoms with E-state index in [0.717, 1.165) is 33.3 Å². The number of benzene rings is 1. The molecule has 0 spiro atoms. The van der Waals surface area contributed by atoms with Crippen LogP contribution in [0.15, 0.2) is 23.1 Å². The number of hydrogen-bond acceptors (Lipinski definition) is 4. The van der Waals surface area contributed by atoms with Crippen molar-refractivity contribution in [2.45, 2.75) is 17.4 Å². The van der Waals surface area contributed by atoms with Gasteiger partial charge in [-0.3, -0.25) is 9.80 Å². The Bertz CT molecular complexity index is 489. The monoisotopic (exact) mass is 395 g/mol. The molecule has 0 amide bonds. The topological polar surface area (TPSA) is 18.5 Å². The maximum absolute atomic E-state index is 6.20. The summed E-state index contributed by atoms with van der Waals surface area (Å²) in [6, 6.07) is 6.44. The molecule has 2 saturated heterocycles. The Morgan fingerprint density at radius 2 is 1.96 bits per heavy atom. The number of hydrogen-bond donors (Lipinski definition) is 1. The minimum absolute atomic E-state index is 0. The highest BCUT2D eigenvalue weighted by Crippen LogP contribution is 2.29. The smallest absolute Gasteiger partial charge is 0.0542 e. The van der Waals surface area contributed by atoms with Gasteiger partial charge in [0.15, 0.2) is 0 Å². The van der Waals surface area contributed by atoms with Crippen molar-refractivity contribution < 1.29 is 0 Å². The predicted octanol–water partition coefficient (Wildman–Crippen LogP) is 3.49. The molecule has 3 nitrogen and oxygen atoms in total. The Labute approximate surface area is 159 Å². The largest absolute Gasteiger partial charge is 0.315 e. The summed E-state index contributed by atoms with van der Waals surface area (Å²) < 4.78 is 0. The summed E-state index contributed by atoms with van der Waals surface area (Å²) in [4.78, 5) is 6.30. The Hall–Kier alpha value is 0.320. The third-order valence-electron chi connectivity index (χ3n) is 4.52. The van der Waals surface area contributed by atoms with Crippen LogP contribution >= 0.6 is 47.4 Å². The van der Waals surface area contributed by atoms with Gasteiger partial charge >= 0.3 is 0 Å². The van der Waals surface area contributed by atoms with Gasteiger partial charge in [0, 0.05) is 61.0 Å². The quantitative estimate of drug-likeness (QED) is 0.768. The summed E-state index contributed by atoms with van der Waals surface area (Å²) in [7, 11) is 0. The molecular weight excluding hydrogens is 373 g/mol. The molecule has 0 saturated carbocycles. The van der Waals surface area contributed by atoms with Crippen molar-refractivity contribution in [1.82, 2.24) is 15.1 Å². The third-order valence-corrected chi connectivity index (χ3v) is 6.23. The first-order chi connectivity index (χ1) is 10.7. The summed E-state index contributed by atoms with van der Waals surface area (Å²) in [6.07, 6.45) is 1.31. The van der Waals surface area contributed by atoms with Gasteiger partial charge in [0.05, 0.1) is 5.02 Å². The molecule has 0 bridgehead atoms. The second-order valence-corrected chi connectivity index (χ2v) is 7.93. The standard InChI is InChI=1S/C16H23Cl2N3S.ClH/c17-13-1-2-15(18)16(11-13)22-10-9-20-5-7-21(8-6-20)14-3-4-19-12-14;/h1-2,11,14,19H,3-10,12H2;1H. The van der Waals surface area contributed by atoms with Gasteiger partial charge in [-0.2, -0.15) is 0 Å². The van der Waals surface area contributed by atoms with Gasteiger partial charge in [0.2, 0.25) is 0 Å². The molecule has 130 valence electrons. The lowest BCUT2D eigenvalue weighted by Crippen LogP contribution is -2.51. The van der Waals surface area contributed by atoms with E-state index < -0.39 is 0 Å². The van der Waals surface area contributed by atoms with Gasteiger partial charge in [-0.15, -0.1) is 24.2 Å². The average molecular weight is 397 g/mol. The van der Waals surface area contributed by atoms with E-state index in [1.807, 2.05) is 18.2 Å². The molecule has 3 rings (SSSR count). The molecule has 1 atom stereocenters. The number of nitrogens with zero attached hydrogens (tertiary/aromatic N) is 2. The van der Waals surface area contributed by atoms with Gasteiger partial charge < -0.3 is 5.32 Å². The van der Waals surface area contributed by atoms with Gasteiger partial charge in [-0.1, -0.05) is 23.2 Å². The van der Waals surface area contributed by atoms with Crippen LogP contribution in [0.2, 0.25) is 10.0 Å². The maximum Gasteiger partial charge on any atom is 0.0542 e. The first-order valence-corrected chi connectivity index (χ1v) is 9.71. The van der Waals surface area contributed by atoms with E-state index in [2.05, 4.69) is 15.1 Å². The molecule has 23 heavy (non-hydrogen) atoms. The lowest BCUT2D eigenvalue weighted by molar-refractivity contribution is 0.107. The van der Waals surface area contributed by atoms with Gasteiger partial charge in [0.25, 0.3) is 0 Å². The fourth-order valence-corrected chi connectivity index (χ4v) is 4.68. The van der Waals surface area contributed by atoms with Crippen molar-refractivity contribution in [3.05, 3.63) is 28.2 Å². The Balaban J connectivity index is 0.00000192. The van der Waals surface area contributed by atoms with Crippen molar-refractivity contribution in [2.75, 3.05) is 51.6 Å². The average Bonchev–Trinajstić information content (AvgIpc) is 3.06. The molecule has 1 N–H and O–H groups in total. The Morgan fingerprint density at radius 3 is 2.65 bits per heavy atom. The van der Waals surface area contributed by atoms with Gasteiger partial charge in [-0.05, 0) is 31.2 Å². The van der Waals surface area contributed by atoms with E-state index in [9.17, 15) is 0 Å². The van der Waals surface area contributed by atoms with Crippen LogP contribution in [0.5, 0.6) is 0 Å². The summed E-state index contributed by atoms with van der Waals surface area (Å²) in [5.41, 5.74) is 0. The molecule has 0 radical (unpaired) electrons. The molecule has 0 aromatic heterocycles. The zero-order valence-corrected chi connectivity index (χ0v) is 16.3. The van der Waals surface area contributed by atoms with Crippen LogP contribution in [0.25, 0.3) is 0 Å². The second-order valence-electron chi connectivity index (χ2n) is 5.95. The summed E-state index contributed by atoms with van der Waals surface area (Å²) in [5.74, 6) is 1.06. The van der Waals surface area contributed by atoms with E-state index in [1.165, 1.54) is 45.7 Å². The number of thioether (sulfide) groups is 1.